The van der Waals surface area contributed by atoms with Crippen molar-refractivity contribution in [3.8, 4) is 16.9 Å². The number of nitrogens with two attached hydrogens (primary N) is 1. The van der Waals surface area contributed by atoms with E-state index in [1.807, 2.05) is 37.3 Å². The number of hydrogen-bond acceptors (Lipinski definition) is 4. The van der Waals surface area contributed by atoms with Crippen molar-refractivity contribution in [2.24, 2.45) is 10.7 Å². The number of nitrogens with zero attached hydrogens (tertiary/aromatic N) is 2. The first kappa shape index (κ1) is 16.0. The minimum atomic E-state index is -0.990. The Morgan fingerprint density at radius 2 is 2.04 bits per heavy atom. The van der Waals surface area contributed by atoms with Gasteiger partial charge in [0.05, 0.1) is 6.61 Å². The molecule has 0 fully saturated rings. The SMILES string of the molecule is Cc1cc(Cl)cc(-c2ccc3c(c2)C2(CCO3)N=C(N)N(C)C2=O)c1. The lowest BCUT2D eigenvalue weighted by Crippen LogP contribution is -2.42. The zero-order valence-electron chi connectivity index (χ0n) is 14.0. The Morgan fingerprint density at radius 3 is 2.72 bits per heavy atom. The lowest BCUT2D eigenvalue weighted by atomic mass is 9.83. The number of benzene rings is 2. The van der Waals surface area contributed by atoms with Crippen LogP contribution < -0.4 is 10.5 Å². The molecule has 128 valence electrons. The van der Waals surface area contributed by atoms with Gasteiger partial charge in [0, 0.05) is 24.1 Å². The van der Waals surface area contributed by atoms with Crippen LogP contribution >= 0.6 is 11.6 Å². The van der Waals surface area contributed by atoms with Crippen LogP contribution in [0.2, 0.25) is 5.02 Å². The van der Waals surface area contributed by atoms with E-state index in [-0.39, 0.29) is 11.9 Å². The van der Waals surface area contributed by atoms with Crippen LogP contribution in [0.5, 0.6) is 5.75 Å². The molecule has 5 nitrogen and oxygen atoms in total. The Bertz CT molecular complexity index is 905. The maximum Gasteiger partial charge on any atom is 0.261 e. The summed E-state index contributed by atoms with van der Waals surface area (Å²) in [5.41, 5.74) is 8.71. The average Bonchev–Trinajstić information content (AvgIpc) is 2.79. The molecular formula is C19H18ClN3O2. The number of hydrogen-bond donors (Lipinski definition) is 1. The third kappa shape index (κ3) is 2.38. The number of rotatable bonds is 1. The standard InChI is InChI=1S/C19H18ClN3O2/c1-11-7-13(9-14(20)8-11)12-3-4-16-15(10-12)19(5-6-25-16)17(24)23(2)18(21)22-19/h3-4,7-10H,5-6H2,1-2H3,(H2,21,22). The van der Waals surface area contributed by atoms with Crippen molar-refractivity contribution in [3.63, 3.8) is 0 Å². The van der Waals surface area contributed by atoms with Crippen LogP contribution in [0.3, 0.4) is 0 Å². The van der Waals surface area contributed by atoms with Crippen LogP contribution in [0.25, 0.3) is 11.1 Å². The van der Waals surface area contributed by atoms with Crippen molar-refractivity contribution in [1.82, 2.24) is 4.90 Å². The van der Waals surface area contributed by atoms with Crippen LogP contribution in [-0.2, 0) is 10.3 Å². The van der Waals surface area contributed by atoms with Crippen LogP contribution in [0.15, 0.2) is 41.4 Å². The number of ether oxygens (including phenoxy) is 1. The second-order valence-corrected chi connectivity index (χ2v) is 6.96. The Morgan fingerprint density at radius 1 is 1.24 bits per heavy atom. The number of carbonyl (C=O) groups excluding carboxylic acids is 1. The molecule has 0 aromatic heterocycles. The van der Waals surface area contributed by atoms with Crippen LogP contribution in [0.4, 0.5) is 0 Å². The quantitative estimate of drug-likeness (QED) is 0.854. The maximum absolute atomic E-state index is 12.9. The molecule has 2 aliphatic rings. The third-order valence-electron chi connectivity index (χ3n) is 4.83. The van der Waals surface area contributed by atoms with Gasteiger partial charge >= 0.3 is 0 Å². The van der Waals surface area contributed by atoms with E-state index in [0.29, 0.717) is 23.8 Å². The number of halogens is 1. The second kappa shape index (κ2) is 5.49. The van der Waals surface area contributed by atoms with E-state index in [9.17, 15) is 4.79 Å². The Hall–Kier alpha value is -2.53. The van der Waals surface area contributed by atoms with E-state index < -0.39 is 5.54 Å². The molecule has 0 bridgehead atoms. The summed E-state index contributed by atoms with van der Waals surface area (Å²) in [5.74, 6) is 0.796. The monoisotopic (exact) mass is 355 g/mol. The minimum Gasteiger partial charge on any atom is -0.493 e. The molecular weight excluding hydrogens is 338 g/mol. The maximum atomic E-state index is 12.9. The van der Waals surface area contributed by atoms with Crippen molar-refractivity contribution < 1.29 is 9.53 Å². The first-order chi connectivity index (χ1) is 11.9. The Balaban J connectivity index is 1.89. The van der Waals surface area contributed by atoms with E-state index in [0.717, 1.165) is 22.3 Å². The number of guanidine groups is 1. The lowest BCUT2D eigenvalue weighted by Gasteiger charge is -2.32. The highest BCUT2D eigenvalue weighted by Crippen LogP contribution is 2.45. The summed E-state index contributed by atoms with van der Waals surface area (Å²) in [4.78, 5) is 18.8. The molecule has 2 aromatic carbocycles. The van der Waals surface area contributed by atoms with Crippen molar-refractivity contribution in [3.05, 3.63) is 52.5 Å². The first-order valence-corrected chi connectivity index (χ1v) is 8.47. The van der Waals surface area contributed by atoms with Crippen LogP contribution in [-0.4, -0.2) is 30.4 Å². The zero-order chi connectivity index (χ0) is 17.8. The highest BCUT2D eigenvalue weighted by Gasteiger charge is 2.51. The van der Waals surface area contributed by atoms with Crippen molar-refractivity contribution in [2.45, 2.75) is 18.9 Å². The number of carbonyl (C=O) groups is 1. The van der Waals surface area contributed by atoms with E-state index in [1.165, 1.54) is 4.90 Å². The van der Waals surface area contributed by atoms with Gasteiger partial charge in [0.2, 0.25) is 0 Å². The molecule has 0 saturated carbocycles. The summed E-state index contributed by atoms with van der Waals surface area (Å²) in [6.45, 7) is 2.43. The molecule has 1 unspecified atom stereocenters. The van der Waals surface area contributed by atoms with Crippen molar-refractivity contribution >= 4 is 23.5 Å². The minimum absolute atomic E-state index is 0.117. The Kier molecular flexibility index (Phi) is 3.51. The molecule has 0 radical (unpaired) electrons. The van der Waals surface area contributed by atoms with Gasteiger partial charge in [-0.2, -0.15) is 0 Å². The number of likely N-dealkylation sites (N-methyl/N-ethyl adjacent to an activating group) is 1. The van der Waals surface area contributed by atoms with Gasteiger partial charge in [0.25, 0.3) is 5.91 Å². The topological polar surface area (TPSA) is 67.9 Å². The van der Waals surface area contributed by atoms with Gasteiger partial charge in [0.15, 0.2) is 11.5 Å². The zero-order valence-corrected chi connectivity index (χ0v) is 14.8. The van der Waals surface area contributed by atoms with E-state index in [1.54, 1.807) is 7.05 Å². The lowest BCUT2D eigenvalue weighted by molar-refractivity contribution is -0.131. The average molecular weight is 356 g/mol. The molecule has 1 amide bonds. The highest BCUT2D eigenvalue weighted by atomic mass is 35.5. The smallest absolute Gasteiger partial charge is 0.261 e. The molecule has 0 aliphatic carbocycles. The summed E-state index contributed by atoms with van der Waals surface area (Å²) in [6, 6.07) is 11.7. The second-order valence-electron chi connectivity index (χ2n) is 6.52. The summed E-state index contributed by atoms with van der Waals surface area (Å²) in [5, 5.41) is 0.678. The fourth-order valence-electron chi connectivity index (χ4n) is 3.54. The number of fused-ring (bicyclic) bond motifs is 2. The van der Waals surface area contributed by atoms with Gasteiger partial charge in [-0.25, -0.2) is 4.99 Å². The van der Waals surface area contributed by atoms with Crippen LogP contribution in [0, 0.1) is 6.92 Å². The molecule has 2 heterocycles. The van der Waals surface area contributed by atoms with E-state index in [4.69, 9.17) is 22.1 Å². The number of amides is 1. The Labute approximate surface area is 151 Å². The van der Waals surface area contributed by atoms with Gasteiger partial charge in [-0.3, -0.25) is 9.69 Å². The van der Waals surface area contributed by atoms with Crippen LogP contribution in [0.1, 0.15) is 17.5 Å². The fourth-order valence-corrected chi connectivity index (χ4v) is 3.83. The summed E-state index contributed by atoms with van der Waals surface area (Å²) in [6.07, 6.45) is 0.474. The van der Waals surface area contributed by atoms with Crippen molar-refractivity contribution in [1.29, 1.82) is 0 Å². The highest BCUT2D eigenvalue weighted by molar-refractivity contribution is 6.31. The van der Waals surface area contributed by atoms with Gasteiger partial charge in [0.1, 0.15) is 5.75 Å². The molecule has 1 atom stereocenters. The van der Waals surface area contributed by atoms with Gasteiger partial charge < -0.3 is 10.5 Å². The summed E-state index contributed by atoms with van der Waals surface area (Å²) < 4.78 is 5.76. The molecule has 1 spiro atoms. The molecule has 0 saturated heterocycles. The summed E-state index contributed by atoms with van der Waals surface area (Å²) >= 11 is 6.20. The van der Waals surface area contributed by atoms with E-state index in [2.05, 4.69) is 11.1 Å². The van der Waals surface area contributed by atoms with Gasteiger partial charge in [-0.05, 0) is 47.9 Å². The predicted octanol–water partition coefficient (Wildman–Crippen LogP) is 3.08. The number of aliphatic imine (C=N–C) groups is 1. The first-order valence-electron chi connectivity index (χ1n) is 8.09. The predicted molar refractivity (Wildman–Crippen MR) is 97.8 cm³/mol. The van der Waals surface area contributed by atoms with E-state index >= 15 is 0 Å². The molecule has 2 aliphatic heterocycles. The molecule has 25 heavy (non-hydrogen) atoms. The molecule has 2 N–H and O–H groups in total. The molecule has 2 aromatic rings. The van der Waals surface area contributed by atoms with Gasteiger partial charge in [-0.1, -0.05) is 23.7 Å². The normalized spacial score (nSPS) is 22.0. The largest absolute Gasteiger partial charge is 0.493 e. The fraction of sp³-hybridized carbons (Fsp3) is 0.263. The molecule has 4 rings (SSSR count). The summed E-state index contributed by atoms with van der Waals surface area (Å²) in [7, 11) is 1.65. The number of aryl methyl sites for hydroxylation is 1. The van der Waals surface area contributed by atoms with Gasteiger partial charge in [-0.15, -0.1) is 0 Å². The van der Waals surface area contributed by atoms with Crippen molar-refractivity contribution in [2.75, 3.05) is 13.7 Å². The molecule has 6 heteroatoms. The third-order valence-corrected chi connectivity index (χ3v) is 5.05.